The zero-order valence-corrected chi connectivity index (χ0v) is 57.6. The van der Waals surface area contributed by atoms with E-state index in [-0.39, 0.29) is 159 Å². The molecular formula is C38H23Cl2N14Na5O18S5. The van der Waals surface area contributed by atoms with Gasteiger partial charge >= 0.3 is 148 Å². The fourth-order valence-electron chi connectivity index (χ4n) is 6.20. The molecule has 82 heavy (non-hydrogen) atoms. The molecule has 6 N–H and O–H groups in total. The second-order valence-corrected chi connectivity index (χ2v) is 22.3. The normalized spacial score (nSPS) is 13.5. The summed E-state index contributed by atoms with van der Waals surface area (Å²) >= 11 is 12.1. The average Bonchev–Trinajstić information content (AvgIpc) is 3.31. The molecule has 2 aromatic heterocycles. The van der Waals surface area contributed by atoms with E-state index in [1.807, 2.05) is 0 Å². The van der Waals surface area contributed by atoms with Gasteiger partial charge in [0.2, 0.25) is 34.2 Å². The van der Waals surface area contributed by atoms with Gasteiger partial charge < -0.3 is 49.5 Å². The van der Waals surface area contributed by atoms with Gasteiger partial charge in [-0.3, -0.25) is 9.35 Å². The first-order valence-corrected chi connectivity index (χ1v) is 27.8. The Labute approximate surface area is 584 Å². The molecule has 32 nitrogen and oxygen atoms in total. The number of nitrogens with zero attached hydrogens (tertiary/aromatic N) is 9. The van der Waals surface area contributed by atoms with E-state index in [9.17, 15) is 79.5 Å². The molecule has 402 valence electrons. The average molecular weight is 1310 g/mol. The van der Waals surface area contributed by atoms with Gasteiger partial charge in [0.1, 0.15) is 51.9 Å². The summed E-state index contributed by atoms with van der Waals surface area (Å²) in [4.78, 5) is 46.9. The number of hydrogen-bond acceptors (Lipinski definition) is 31. The van der Waals surface area contributed by atoms with Gasteiger partial charge in [-0.2, -0.15) is 48.6 Å². The van der Waals surface area contributed by atoms with Gasteiger partial charge in [0.25, 0.3) is 16.1 Å². The number of carbonyl (C=O) groups excluding carboxylic acids is 2. The molecule has 1 aliphatic carbocycles. The van der Waals surface area contributed by atoms with E-state index in [4.69, 9.17) is 23.2 Å². The molecule has 0 fully saturated rings. The molecule has 7 rings (SSSR count). The van der Waals surface area contributed by atoms with Crippen molar-refractivity contribution in [3.05, 3.63) is 129 Å². The number of aromatic carboxylic acids is 1. The summed E-state index contributed by atoms with van der Waals surface area (Å²) in [6.07, 6.45) is -0.403. The number of nitrogens with one attached hydrogen (secondary N) is 5. The molecule has 1 aliphatic rings. The van der Waals surface area contributed by atoms with Gasteiger partial charge in [-0.05, 0) is 89.4 Å². The summed E-state index contributed by atoms with van der Waals surface area (Å²) in [5.74, 6) is -6.15. The van der Waals surface area contributed by atoms with Crippen LogP contribution in [0.3, 0.4) is 0 Å². The molecule has 1 unspecified atom stereocenters. The van der Waals surface area contributed by atoms with Crippen molar-refractivity contribution in [2.45, 2.75) is 25.7 Å². The number of azo groups is 1. The van der Waals surface area contributed by atoms with Crippen LogP contribution in [0.4, 0.5) is 46.5 Å². The van der Waals surface area contributed by atoms with E-state index in [1.165, 1.54) is 36.4 Å². The van der Waals surface area contributed by atoms with Crippen LogP contribution in [0.15, 0.2) is 142 Å². The Morgan fingerprint density at radius 1 is 0.598 bits per heavy atom. The van der Waals surface area contributed by atoms with Crippen LogP contribution in [0.2, 0.25) is 10.6 Å². The number of aliphatic imine (C=N–C) groups is 1. The fourth-order valence-corrected chi connectivity index (χ4v) is 9.34. The largest absolute Gasteiger partial charge is 1.00 e. The van der Waals surface area contributed by atoms with Gasteiger partial charge in [-0.25, -0.2) is 44.1 Å². The molecule has 2 heterocycles. The molecule has 44 heteroatoms. The maximum absolute atomic E-state index is 13.8. The number of carbonyl (C=O) groups is 2. The number of carboxylic acid groups (broad SMARTS) is 1. The zero-order valence-electron chi connectivity index (χ0n) is 42.0. The first-order chi connectivity index (χ1) is 35.8. The Morgan fingerprint density at radius 2 is 1.15 bits per heavy atom. The van der Waals surface area contributed by atoms with Gasteiger partial charge in [-0.15, -0.1) is 0 Å². The number of allylic oxidation sites excluding steroid dienone is 3. The summed E-state index contributed by atoms with van der Waals surface area (Å²) in [7, 11) is -26.6. The van der Waals surface area contributed by atoms with Crippen molar-refractivity contribution in [1.82, 2.24) is 40.8 Å². The Kier molecular flexibility index (Phi) is 28.1. The molecule has 6 aromatic rings. The number of Topliss-reactive ketones (excluding diaryl/α,β-unsaturated/α-hetero) is 1. The summed E-state index contributed by atoms with van der Waals surface area (Å²) in [5.41, 5.74) is 0.0285. The topological polar surface area (TPSA) is 515 Å². The van der Waals surface area contributed by atoms with E-state index >= 15 is 0 Å². The van der Waals surface area contributed by atoms with E-state index in [0.717, 1.165) is 24.3 Å². The first kappa shape index (κ1) is 75.2. The van der Waals surface area contributed by atoms with Crippen LogP contribution < -0.4 is 180 Å². The fraction of sp³-hybridized carbons (Fsp3) is 0.0263. The van der Waals surface area contributed by atoms with Crippen molar-refractivity contribution in [3.8, 4) is 0 Å². The standard InChI is InChI=1S/C38H28Cl2N14O18S5.5Na/c39-33-45-35(41-18-7-4-8-19(11-18)73(58,59)60)49-36(46-33)42-24-15-29(77(70,71)72)25(16-28(24)76(67,68)69)43-37-47-34(40)48-38(50-37)44-26-13-21(75(64,65)66)14-27(30(26)55)52-54-31(17-5-2-1-3-6-17)53-51-23-10-9-20(74(61,62)63)12-22(23)32(56)57;;;;;/h1-16,31,52,54H,(H,56,57)(H,58,59,60)(H,61,62,63)(H,64,65,66)(H,67,68,69)(H,70,71,72)(H,43,47,48,50)(H2,41,42,45,46,49);;;;;/q;5*+1/p-5/b44-26+,53-51?;;;;;. The SMILES string of the molecule is O=C1C(NNC(N=Nc2ccc(S(=O)(=O)[O-])cc2C(=O)[O-])c2ccccc2)=CC(S(=O)(=O)[O-])=C/C1=N\c1nc(Cl)nc(Nc2cc(S(=O)(=O)[O-])c(Nc3nc(Cl)nc(Nc4cccc(S(=O)(=O)O)c4)n3)cc2S(=O)(=O)[O-])n1.[Na+].[Na+].[Na+].[Na+].[Na+]. The van der Waals surface area contributed by atoms with Gasteiger partial charge in [0.05, 0.1) is 47.5 Å². The molecule has 4 aromatic carbocycles. The second kappa shape index (κ2) is 30.6. The number of aromatic nitrogens is 6. The summed E-state index contributed by atoms with van der Waals surface area (Å²) in [5, 5.41) is 25.1. The maximum atomic E-state index is 13.8. The van der Waals surface area contributed by atoms with Gasteiger partial charge in [-0.1, -0.05) is 36.4 Å². The number of anilines is 6. The third-order valence-electron chi connectivity index (χ3n) is 9.47. The number of halogens is 2. The third-order valence-corrected chi connectivity index (χ3v) is 14.1. The van der Waals surface area contributed by atoms with Crippen molar-refractivity contribution >= 4 is 138 Å². The molecule has 0 saturated carbocycles. The van der Waals surface area contributed by atoms with Crippen molar-refractivity contribution in [2.75, 3.05) is 16.0 Å². The van der Waals surface area contributed by atoms with Crippen LogP contribution >= 0.6 is 23.2 Å². The molecule has 0 bridgehead atoms. The van der Waals surface area contributed by atoms with Crippen molar-refractivity contribution in [1.29, 1.82) is 0 Å². The second-order valence-electron chi connectivity index (χ2n) is 14.7. The van der Waals surface area contributed by atoms with Crippen LogP contribution in [0.1, 0.15) is 22.1 Å². The van der Waals surface area contributed by atoms with Crippen LogP contribution in [0.25, 0.3) is 0 Å². The summed E-state index contributed by atoms with van der Waals surface area (Å²) in [6.45, 7) is 0. The van der Waals surface area contributed by atoms with Crippen LogP contribution in [-0.4, -0.2) is 112 Å². The summed E-state index contributed by atoms with van der Waals surface area (Å²) < 4.78 is 180. The van der Waals surface area contributed by atoms with Gasteiger partial charge in [0, 0.05) is 11.3 Å². The Hall–Kier alpha value is -2.92. The molecule has 0 radical (unpaired) electrons. The Morgan fingerprint density at radius 3 is 1.67 bits per heavy atom. The molecule has 0 saturated heterocycles. The monoisotopic (exact) mass is 1310 g/mol. The number of benzene rings is 4. The quantitative estimate of drug-likeness (QED) is 0.0144. The molecular weight excluding hydrogens is 1290 g/mol. The minimum atomic E-state index is -5.71. The van der Waals surface area contributed by atoms with Crippen molar-refractivity contribution in [2.24, 2.45) is 15.2 Å². The van der Waals surface area contributed by atoms with E-state index in [2.05, 4.69) is 71.9 Å². The van der Waals surface area contributed by atoms with E-state index in [1.54, 1.807) is 6.07 Å². The van der Waals surface area contributed by atoms with Crippen LogP contribution in [0.5, 0.6) is 0 Å². The zero-order chi connectivity index (χ0) is 56.4. The minimum absolute atomic E-state index is 0. The molecule has 0 aliphatic heterocycles. The smallest absolute Gasteiger partial charge is 0.744 e. The first-order valence-electron chi connectivity index (χ1n) is 19.9. The molecule has 0 spiro atoms. The Bertz CT molecular complexity index is 4190. The van der Waals surface area contributed by atoms with Crippen molar-refractivity contribution in [3.63, 3.8) is 0 Å². The van der Waals surface area contributed by atoms with Crippen molar-refractivity contribution < 1.29 is 227 Å². The van der Waals surface area contributed by atoms with E-state index in [0.29, 0.717) is 30.4 Å². The summed E-state index contributed by atoms with van der Waals surface area (Å²) in [6, 6.07) is 14.7. The molecule has 1 atom stereocenters. The number of hydrogen-bond donors (Lipinski definition) is 6. The number of hydrazine groups is 1. The number of carboxylic acids is 1. The maximum Gasteiger partial charge on any atom is 1.00 e. The van der Waals surface area contributed by atoms with Crippen LogP contribution in [0, 0.1) is 0 Å². The third kappa shape index (κ3) is 20.3. The Balaban J connectivity index is 0.00000459. The predicted molar refractivity (Wildman–Crippen MR) is 255 cm³/mol. The van der Waals surface area contributed by atoms with Gasteiger partial charge in [0.15, 0.2) is 6.17 Å². The number of ketones is 1. The van der Waals surface area contributed by atoms with Crippen LogP contribution in [-0.2, 0) is 55.4 Å². The predicted octanol–water partition coefficient (Wildman–Crippen LogP) is -13.5. The minimum Gasteiger partial charge on any atom is -0.744 e. The number of rotatable bonds is 19. The van der Waals surface area contributed by atoms with E-state index < -0.39 is 161 Å². The molecule has 0 amide bonds.